The minimum Gasteiger partial charge on any atom is -0.872 e. The van der Waals surface area contributed by atoms with Crippen LogP contribution in [0.2, 0.25) is 0 Å². The maximum absolute atomic E-state index is 12.7. The first-order valence-electron chi connectivity index (χ1n) is 13.8. The molecule has 0 aliphatic heterocycles. The van der Waals surface area contributed by atoms with Gasteiger partial charge in [0.1, 0.15) is 5.75 Å². The smallest absolute Gasteiger partial charge is 0.361 e. The molecule has 1 heterocycles. The molecule has 0 aliphatic carbocycles. The van der Waals surface area contributed by atoms with E-state index in [0.29, 0.717) is 12.3 Å². The summed E-state index contributed by atoms with van der Waals surface area (Å²) in [6, 6.07) is 20.4. The number of nitrogens with zero attached hydrogens (tertiary/aromatic N) is 3. The molecule has 240 valence electrons. The molecule has 5 aromatic rings. The van der Waals surface area contributed by atoms with E-state index >= 15 is 0 Å². The molecule has 0 unspecified atom stereocenters. The summed E-state index contributed by atoms with van der Waals surface area (Å²) in [7, 11) is 1.95. The molecular weight excluding hydrogens is 773 g/mol. The molecule has 0 saturated carbocycles. The summed E-state index contributed by atoms with van der Waals surface area (Å²) in [6.07, 6.45) is 0. The summed E-state index contributed by atoms with van der Waals surface area (Å²) in [6.45, 7) is 8.69. The number of aryl methyl sites for hydroxylation is 4. The van der Waals surface area contributed by atoms with Gasteiger partial charge in [0.15, 0.2) is 9.26 Å². The number of rotatable bonds is 6. The van der Waals surface area contributed by atoms with Gasteiger partial charge in [0.25, 0.3) is 11.4 Å². The zero-order valence-electron chi connectivity index (χ0n) is 25.6. The van der Waals surface area contributed by atoms with Crippen LogP contribution in [-0.4, -0.2) is 32.1 Å². The molecule has 11 nitrogen and oxygen atoms in total. The van der Waals surface area contributed by atoms with E-state index in [1.54, 1.807) is 0 Å². The van der Waals surface area contributed by atoms with Crippen LogP contribution in [-0.2, 0) is 11.8 Å². The third-order valence-electron chi connectivity index (χ3n) is 6.45. The van der Waals surface area contributed by atoms with Crippen molar-refractivity contribution >= 4 is 44.2 Å². The molecular formula is C33H31BrIN3O8. The van der Waals surface area contributed by atoms with Crippen molar-refractivity contribution in [3.63, 3.8) is 0 Å². The summed E-state index contributed by atoms with van der Waals surface area (Å²) in [4.78, 5) is 31.7. The zero-order valence-corrected chi connectivity index (χ0v) is 29.4. The van der Waals surface area contributed by atoms with Gasteiger partial charge in [-0.05, 0) is 58.0 Å². The highest BCUT2D eigenvalue weighted by Crippen LogP contribution is 2.24. The molecule has 0 spiro atoms. The van der Waals surface area contributed by atoms with Crippen molar-refractivity contribution in [3.05, 3.63) is 133 Å². The number of nitro benzene ring substituents is 2. The number of fused-ring (bicyclic) bond motifs is 1. The normalized spacial score (nSPS) is 10.3. The van der Waals surface area contributed by atoms with Crippen molar-refractivity contribution < 1.29 is 50.8 Å². The molecule has 0 atom stereocenters. The van der Waals surface area contributed by atoms with Gasteiger partial charge in [-0.3, -0.25) is 20.2 Å². The average molecular weight is 804 g/mol. The Morgan fingerprint density at radius 1 is 0.870 bits per heavy atom. The lowest BCUT2D eigenvalue weighted by molar-refractivity contribution is -0.596. The van der Waals surface area contributed by atoms with Crippen LogP contribution in [0, 0.1) is 48.1 Å². The lowest BCUT2D eigenvalue weighted by Gasteiger charge is -2.04. The number of phenols is 1. The van der Waals surface area contributed by atoms with Gasteiger partial charge in [-0.25, -0.2) is 4.79 Å². The molecule has 0 aliphatic rings. The fourth-order valence-corrected chi connectivity index (χ4v) is 8.06. The molecule has 1 aromatic heterocycles. The van der Waals surface area contributed by atoms with E-state index in [2.05, 4.69) is 61.0 Å². The minimum atomic E-state index is -0.542. The molecule has 4 aromatic carbocycles. The van der Waals surface area contributed by atoms with Gasteiger partial charge < -0.3 is 19.5 Å². The Bertz CT molecular complexity index is 1790. The number of esters is 1. The van der Waals surface area contributed by atoms with Crippen LogP contribution in [0.3, 0.4) is 0 Å². The Kier molecular flexibility index (Phi) is 12.7. The fraction of sp³-hybridized carbons (Fsp3) is 0.182. The molecule has 0 saturated heterocycles. The molecule has 1 N–H and O–H groups in total. The van der Waals surface area contributed by atoms with Gasteiger partial charge in [0, 0.05) is 46.9 Å². The van der Waals surface area contributed by atoms with Crippen LogP contribution in [0.5, 0.6) is 11.5 Å². The topological polar surface area (TPSA) is 161 Å². The quantitative estimate of drug-likeness (QED) is 0.116. The summed E-state index contributed by atoms with van der Waals surface area (Å²) in [5.74, 6) is -0.421. The number of hydrogen-bond acceptors (Lipinski definition) is 8. The summed E-state index contributed by atoms with van der Waals surface area (Å²) >= 11 is 3.05. The number of carbonyl (C=O) groups excluding carboxylic acids is 1. The second-order valence-electron chi connectivity index (χ2n) is 9.94. The number of ether oxygens (including phenoxy) is 1. The third-order valence-corrected chi connectivity index (χ3v) is 10.8. The van der Waals surface area contributed by atoms with Crippen LogP contribution >= 0.6 is 15.9 Å². The molecule has 13 heteroatoms. The molecule has 0 amide bonds. The fourth-order valence-electron chi connectivity index (χ4n) is 4.44. The van der Waals surface area contributed by atoms with Gasteiger partial charge in [0.05, 0.1) is 27.4 Å². The van der Waals surface area contributed by atoms with E-state index in [9.17, 15) is 30.1 Å². The molecule has 46 heavy (non-hydrogen) atoms. The number of aromatic nitrogens is 1. The zero-order chi connectivity index (χ0) is 34.1. The van der Waals surface area contributed by atoms with Gasteiger partial charge in [0.2, 0.25) is 3.57 Å². The SMILES string of the molecule is CCOC(=O)c1c([I+]c2c(C)cc(C)cc2C)c2cc(Br)ccc2n1C.O=[N+]([O-])c1ccc(O)cc1.O=[N+]([O-])c1ccc([O-])cc1. The van der Waals surface area contributed by atoms with Crippen molar-refractivity contribution in [1.82, 2.24) is 4.57 Å². The maximum Gasteiger partial charge on any atom is 0.361 e. The minimum absolute atomic E-state index is 0.0159. The number of non-ortho nitro benzene ring substituents is 2. The van der Waals surface area contributed by atoms with Crippen LogP contribution in [0.25, 0.3) is 10.9 Å². The number of halogens is 2. The van der Waals surface area contributed by atoms with Crippen molar-refractivity contribution in [2.75, 3.05) is 6.61 Å². The third kappa shape index (κ3) is 9.26. The highest BCUT2D eigenvalue weighted by molar-refractivity contribution is 9.10. The Hall–Kier alpha value is -4.50. The van der Waals surface area contributed by atoms with Crippen LogP contribution < -0.4 is 26.3 Å². The Balaban J connectivity index is 0.000000235. The van der Waals surface area contributed by atoms with Gasteiger partial charge >= 0.3 is 27.2 Å². The van der Waals surface area contributed by atoms with Gasteiger partial charge in [-0.2, -0.15) is 0 Å². The highest BCUT2D eigenvalue weighted by atomic mass is 127. The van der Waals surface area contributed by atoms with Crippen molar-refractivity contribution in [2.45, 2.75) is 27.7 Å². The van der Waals surface area contributed by atoms with Crippen LogP contribution in [0.15, 0.2) is 83.3 Å². The molecule has 5 rings (SSSR count). The van der Waals surface area contributed by atoms with E-state index in [4.69, 9.17) is 9.84 Å². The van der Waals surface area contributed by atoms with E-state index in [1.807, 2.05) is 24.6 Å². The van der Waals surface area contributed by atoms with Gasteiger partial charge in [-0.15, -0.1) is 5.75 Å². The predicted molar refractivity (Wildman–Crippen MR) is 172 cm³/mol. The van der Waals surface area contributed by atoms with Crippen LogP contribution in [0.1, 0.15) is 34.1 Å². The second kappa shape index (κ2) is 16.2. The highest BCUT2D eigenvalue weighted by Gasteiger charge is 2.34. The molecule has 0 fully saturated rings. The Morgan fingerprint density at radius 3 is 1.89 bits per heavy atom. The predicted octanol–water partition coefficient (Wildman–Crippen LogP) is 4.14. The summed E-state index contributed by atoms with van der Waals surface area (Å²) < 4.78 is 10.9. The van der Waals surface area contributed by atoms with E-state index in [-0.39, 0.29) is 28.8 Å². The van der Waals surface area contributed by atoms with E-state index in [0.717, 1.165) is 31.1 Å². The number of aromatic hydroxyl groups is 1. The lowest BCUT2D eigenvalue weighted by Crippen LogP contribution is -3.62. The monoisotopic (exact) mass is 803 g/mol. The lowest BCUT2D eigenvalue weighted by atomic mass is 10.1. The molecule has 0 radical (unpaired) electrons. The number of hydrogen-bond donors (Lipinski definition) is 1. The van der Waals surface area contributed by atoms with Crippen molar-refractivity contribution in [3.8, 4) is 11.5 Å². The standard InChI is InChI=1S/C21H22BrINO2.2C6H5NO3/c1-6-26-21(25)20-19(16-11-15(22)7-8-17(16)24(20)5)23-18-13(3)9-12(2)10-14(18)4;2*8-6-3-1-5(2-4-6)7(9)10/h7-11H,6H2,1-5H3;2*1-4,8H/q+1;;/p-1. The number of phenolic OH excluding ortho intramolecular Hbond substituents is 1. The summed E-state index contributed by atoms with van der Waals surface area (Å²) in [5, 5.41) is 40.3. The number of carbonyl (C=O) groups is 1. The first-order chi connectivity index (χ1) is 21.7. The summed E-state index contributed by atoms with van der Waals surface area (Å²) in [5.41, 5.74) is 5.56. The number of nitro groups is 2. The first kappa shape index (κ1) is 36.0. The van der Waals surface area contributed by atoms with Crippen LogP contribution in [0.4, 0.5) is 11.4 Å². The van der Waals surface area contributed by atoms with Crippen molar-refractivity contribution in [2.24, 2.45) is 7.05 Å². The molecule has 0 bridgehead atoms. The second-order valence-corrected chi connectivity index (χ2v) is 13.5. The first-order valence-corrected chi connectivity index (χ1v) is 16.7. The Morgan fingerprint density at radius 2 is 1.39 bits per heavy atom. The maximum atomic E-state index is 12.7. The van der Waals surface area contributed by atoms with E-state index < -0.39 is 31.1 Å². The number of benzene rings is 4. The van der Waals surface area contributed by atoms with Gasteiger partial charge in [-0.1, -0.05) is 45.8 Å². The van der Waals surface area contributed by atoms with E-state index in [1.165, 1.54) is 56.7 Å². The largest absolute Gasteiger partial charge is 0.872 e. The Labute approximate surface area is 284 Å². The average Bonchev–Trinajstić information content (AvgIpc) is 3.26. The van der Waals surface area contributed by atoms with Crippen molar-refractivity contribution in [1.29, 1.82) is 0 Å².